The van der Waals surface area contributed by atoms with Gasteiger partial charge < -0.3 is 19.9 Å². The molecule has 2 amide bonds. The predicted octanol–water partition coefficient (Wildman–Crippen LogP) is 2.61. The van der Waals surface area contributed by atoms with Crippen LogP contribution in [0.25, 0.3) is 0 Å². The Labute approximate surface area is 161 Å². The van der Waals surface area contributed by atoms with Gasteiger partial charge in [0.05, 0.1) is 7.11 Å². The molecule has 2 heterocycles. The number of amides is 2. The monoisotopic (exact) mass is 380 g/mol. The Morgan fingerprint density at radius 2 is 1.96 bits per heavy atom. The highest BCUT2D eigenvalue weighted by Gasteiger charge is 2.13. The molecule has 0 radical (unpaired) electrons. The lowest BCUT2D eigenvalue weighted by Gasteiger charge is -2.09. The number of para-hydroxylation sites is 1. The first-order chi connectivity index (χ1) is 13.6. The first-order valence-electron chi connectivity index (χ1n) is 8.67. The molecule has 3 aromatic rings. The second-order valence-corrected chi connectivity index (χ2v) is 6.02. The summed E-state index contributed by atoms with van der Waals surface area (Å²) in [5.74, 6) is 0.902. The fraction of sp³-hybridized carbons (Fsp3) is 0.200. The number of anilines is 1. The van der Waals surface area contributed by atoms with E-state index in [1.807, 2.05) is 24.3 Å². The Kier molecular flexibility index (Phi) is 6.01. The van der Waals surface area contributed by atoms with Gasteiger partial charge in [0.15, 0.2) is 5.82 Å². The quantitative estimate of drug-likeness (QED) is 0.653. The summed E-state index contributed by atoms with van der Waals surface area (Å²) in [6.07, 6.45) is 2.03. The molecule has 8 heteroatoms. The van der Waals surface area contributed by atoms with Gasteiger partial charge in [-0.3, -0.25) is 14.6 Å². The molecule has 1 aromatic carbocycles. The second-order valence-electron chi connectivity index (χ2n) is 6.02. The van der Waals surface area contributed by atoms with Crippen LogP contribution in [0, 0.1) is 6.92 Å². The van der Waals surface area contributed by atoms with Crippen molar-refractivity contribution >= 4 is 17.6 Å². The van der Waals surface area contributed by atoms with Crippen LogP contribution < -0.4 is 15.4 Å². The molecule has 28 heavy (non-hydrogen) atoms. The molecule has 0 bridgehead atoms. The molecule has 0 aliphatic carbocycles. The summed E-state index contributed by atoms with van der Waals surface area (Å²) < 4.78 is 10.2. The number of carbonyl (C=O) groups is 2. The normalized spacial score (nSPS) is 10.4. The molecular formula is C20H20N4O4. The molecule has 2 N–H and O–H groups in total. The number of nitrogens with zero attached hydrogens (tertiary/aromatic N) is 2. The van der Waals surface area contributed by atoms with Crippen LogP contribution in [-0.2, 0) is 6.42 Å². The fourth-order valence-corrected chi connectivity index (χ4v) is 2.62. The van der Waals surface area contributed by atoms with Gasteiger partial charge in [-0.05, 0) is 37.1 Å². The lowest BCUT2D eigenvalue weighted by atomic mass is 10.1. The van der Waals surface area contributed by atoms with E-state index in [0.29, 0.717) is 30.1 Å². The van der Waals surface area contributed by atoms with Crippen LogP contribution in [0.15, 0.2) is 53.2 Å². The average Bonchev–Trinajstić information content (AvgIpc) is 3.13. The van der Waals surface area contributed by atoms with Crippen molar-refractivity contribution in [3.8, 4) is 5.75 Å². The molecule has 0 aliphatic heterocycles. The van der Waals surface area contributed by atoms with Gasteiger partial charge in [-0.15, -0.1) is 0 Å². The Bertz CT molecular complexity index is 984. The molecule has 144 valence electrons. The maximum absolute atomic E-state index is 12.4. The number of benzene rings is 1. The van der Waals surface area contributed by atoms with Crippen LogP contribution in [0.4, 0.5) is 5.82 Å². The molecule has 0 spiro atoms. The molecular weight excluding hydrogens is 360 g/mol. The first-order valence-corrected chi connectivity index (χ1v) is 8.67. The third-order valence-electron chi connectivity index (χ3n) is 4.00. The van der Waals surface area contributed by atoms with Gasteiger partial charge in [-0.1, -0.05) is 23.4 Å². The minimum absolute atomic E-state index is 0.156. The van der Waals surface area contributed by atoms with Crippen molar-refractivity contribution in [3.05, 3.63) is 71.2 Å². The Morgan fingerprint density at radius 1 is 1.14 bits per heavy atom. The lowest BCUT2D eigenvalue weighted by molar-refractivity contribution is 0.0949. The zero-order chi connectivity index (χ0) is 19.9. The van der Waals surface area contributed by atoms with E-state index in [1.165, 1.54) is 18.3 Å². The topological polar surface area (TPSA) is 106 Å². The summed E-state index contributed by atoms with van der Waals surface area (Å²) in [4.78, 5) is 28.7. The molecule has 0 aliphatic rings. The Morgan fingerprint density at radius 3 is 2.71 bits per heavy atom. The van der Waals surface area contributed by atoms with Crippen molar-refractivity contribution in [1.82, 2.24) is 15.5 Å². The molecule has 0 unspecified atom stereocenters. The van der Waals surface area contributed by atoms with Crippen LogP contribution in [0.2, 0.25) is 0 Å². The third kappa shape index (κ3) is 4.73. The van der Waals surface area contributed by atoms with Crippen LogP contribution in [-0.4, -0.2) is 35.6 Å². The largest absolute Gasteiger partial charge is 0.496 e. The number of aryl methyl sites for hydroxylation is 1. The highest BCUT2D eigenvalue weighted by molar-refractivity contribution is 6.05. The van der Waals surface area contributed by atoms with Gasteiger partial charge in [0.2, 0.25) is 0 Å². The Hall–Kier alpha value is -3.68. The summed E-state index contributed by atoms with van der Waals surface area (Å²) in [7, 11) is 1.61. The highest BCUT2D eigenvalue weighted by Crippen LogP contribution is 2.17. The molecule has 8 nitrogen and oxygen atoms in total. The predicted molar refractivity (Wildman–Crippen MR) is 102 cm³/mol. The molecule has 0 fully saturated rings. The molecule has 3 rings (SSSR count). The van der Waals surface area contributed by atoms with Gasteiger partial charge in [0.1, 0.15) is 17.2 Å². The van der Waals surface area contributed by atoms with Gasteiger partial charge in [-0.25, -0.2) is 0 Å². The van der Waals surface area contributed by atoms with E-state index in [1.54, 1.807) is 20.1 Å². The highest BCUT2D eigenvalue weighted by atomic mass is 16.5. The third-order valence-corrected chi connectivity index (χ3v) is 4.00. The SMILES string of the molecule is COc1ccccc1CCNC(=O)c1cc(C(=O)Nc2cc(C)on2)ccn1. The zero-order valence-corrected chi connectivity index (χ0v) is 15.6. The zero-order valence-electron chi connectivity index (χ0n) is 15.6. The van der Waals surface area contributed by atoms with Crippen LogP contribution in [0.3, 0.4) is 0 Å². The van der Waals surface area contributed by atoms with Crippen molar-refractivity contribution in [3.63, 3.8) is 0 Å². The minimum atomic E-state index is -0.404. The van der Waals surface area contributed by atoms with Gasteiger partial charge in [-0.2, -0.15) is 0 Å². The standard InChI is InChI=1S/C20H20N4O4/c1-13-11-18(24-28-13)23-19(25)15-8-9-21-16(12-15)20(26)22-10-7-14-5-3-4-6-17(14)27-2/h3-6,8-9,11-12H,7,10H2,1-2H3,(H,22,26)(H,23,24,25). The second kappa shape index (κ2) is 8.81. The van der Waals surface area contributed by atoms with E-state index in [-0.39, 0.29) is 11.6 Å². The van der Waals surface area contributed by atoms with E-state index >= 15 is 0 Å². The summed E-state index contributed by atoms with van der Waals surface area (Å²) in [5, 5.41) is 9.12. The summed E-state index contributed by atoms with van der Waals surface area (Å²) in [6.45, 7) is 2.14. The van der Waals surface area contributed by atoms with Crippen LogP contribution in [0.5, 0.6) is 5.75 Å². The number of hydrogen-bond acceptors (Lipinski definition) is 6. The van der Waals surface area contributed by atoms with E-state index in [0.717, 1.165) is 11.3 Å². The van der Waals surface area contributed by atoms with E-state index < -0.39 is 5.91 Å². The number of methoxy groups -OCH3 is 1. The van der Waals surface area contributed by atoms with Crippen molar-refractivity contribution in [2.24, 2.45) is 0 Å². The number of pyridine rings is 1. The summed E-state index contributed by atoms with van der Waals surface area (Å²) >= 11 is 0. The lowest BCUT2D eigenvalue weighted by Crippen LogP contribution is -2.27. The number of aromatic nitrogens is 2. The van der Waals surface area contributed by atoms with Gasteiger partial charge in [0.25, 0.3) is 11.8 Å². The maximum Gasteiger partial charge on any atom is 0.269 e. The number of nitrogens with one attached hydrogen (secondary N) is 2. The van der Waals surface area contributed by atoms with Gasteiger partial charge >= 0.3 is 0 Å². The first kappa shape index (κ1) is 19.1. The molecule has 0 saturated heterocycles. The van der Waals surface area contributed by atoms with Crippen molar-refractivity contribution in [1.29, 1.82) is 0 Å². The van der Waals surface area contributed by atoms with E-state index in [9.17, 15) is 9.59 Å². The van der Waals surface area contributed by atoms with Crippen LogP contribution in [0.1, 0.15) is 32.2 Å². The van der Waals surface area contributed by atoms with Crippen LogP contribution >= 0.6 is 0 Å². The maximum atomic E-state index is 12.4. The van der Waals surface area contributed by atoms with Crippen molar-refractivity contribution in [2.45, 2.75) is 13.3 Å². The van der Waals surface area contributed by atoms with E-state index in [2.05, 4.69) is 20.8 Å². The number of hydrogen-bond donors (Lipinski definition) is 2. The molecule has 2 aromatic heterocycles. The van der Waals surface area contributed by atoms with E-state index in [4.69, 9.17) is 9.26 Å². The Balaban J connectivity index is 1.59. The van der Waals surface area contributed by atoms with Crippen molar-refractivity contribution < 1.29 is 18.8 Å². The number of rotatable bonds is 7. The minimum Gasteiger partial charge on any atom is -0.496 e. The summed E-state index contributed by atoms with van der Waals surface area (Å²) in [6, 6.07) is 12.2. The number of carbonyl (C=O) groups excluding carboxylic acids is 2. The van der Waals surface area contributed by atoms with Gasteiger partial charge in [0, 0.05) is 24.4 Å². The smallest absolute Gasteiger partial charge is 0.269 e. The van der Waals surface area contributed by atoms with Crippen molar-refractivity contribution in [2.75, 3.05) is 19.0 Å². The molecule has 0 saturated carbocycles. The number of ether oxygens (including phenoxy) is 1. The average molecular weight is 380 g/mol. The summed E-state index contributed by atoms with van der Waals surface area (Å²) in [5.41, 5.74) is 1.45. The fourth-order valence-electron chi connectivity index (χ4n) is 2.62. The molecule has 0 atom stereocenters.